The lowest BCUT2D eigenvalue weighted by Crippen LogP contribution is -2.27. The molecule has 0 unspecified atom stereocenters. The summed E-state index contributed by atoms with van der Waals surface area (Å²) in [6.45, 7) is 0. The third kappa shape index (κ3) is 4.96. The Morgan fingerprint density at radius 2 is 1.33 bits per heavy atom. The maximum atomic E-state index is 12.4. The quantitative estimate of drug-likeness (QED) is 0.380. The molecule has 0 heterocycles. The number of anilines is 2. The van der Waals surface area contributed by atoms with Crippen molar-refractivity contribution in [3.63, 3.8) is 0 Å². The molecule has 0 spiro atoms. The first-order chi connectivity index (χ1) is 14.5. The van der Waals surface area contributed by atoms with E-state index in [1.165, 1.54) is 44.1 Å². The van der Waals surface area contributed by atoms with Crippen LogP contribution in [0, 0.1) is 11.8 Å². The van der Waals surface area contributed by atoms with Crippen LogP contribution in [0.25, 0.3) is 0 Å². The first-order valence-corrected chi connectivity index (χ1v) is 11.1. The zero-order chi connectivity index (χ0) is 21.1. The Balaban J connectivity index is 1.31. The van der Waals surface area contributed by atoms with Gasteiger partial charge in [0.05, 0.1) is 11.7 Å². The Hall–Kier alpha value is -2.53. The molecule has 5 N–H and O–H groups in total. The number of rotatable bonds is 4. The molecule has 2 aliphatic carbocycles. The smallest absolute Gasteiger partial charge is 0.343 e. The average molecular weight is 409 g/mol. The van der Waals surface area contributed by atoms with E-state index in [0.717, 1.165) is 24.7 Å². The maximum absolute atomic E-state index is 12.4. The van der Waals surface area contributed by atoms with E-state index in [1.54, 1.807) is 18.2 Å². The summed E-state index contributed by atoms with van der Waals surface area (Å²) in [5, 5.41) is 9.74. The minimum atomic E-state index is -0.458. The molecule has 2 saturated carbocycles. The zero-order valence-electron chi connectivity index (χ0n) is 17.4. The SMILES string of the molecule is Nc1cc(N)cc(C(=O)Oc2ccc(C3CCC(C4CCC(O)CC4)CC3)cc2)c1. The first kappa shape index (κ1) is 20.7. The molecular formula is C25H32N2O3. The van der Waals surface area contributed by atoms with Crippen LogP contribution in [0.2, 0.25) is 0 Å². The largest absolute Gasteiger partial charge is 0.423 e. The fraction of sp³-hybridized carbons (Fsp3) is 0.480. The third-order valence-corrected chi connectivity index (χ3v) is 6.96. The van der Waals surface area contributed by atoms with Crippen molar-refractivity contribution >= 4 is 17.3 Å². The second-order valence-electron chi connectivity index (χ2n) is 9.03. The van der Waals surface area contributed by atoms with Gasteiger partial charge in [0.25, 0.3) is 0 Å². The lowest BCUT2D eigenvalue weighted by atomic mass is 9.69. The highest BCUT2D eigenvalue weighted by molar-refractivity contribution is 5.93. The second-order valence-corrected chi connectivity index (χ2v) is 9.03. The van der Waals surface area contributed by atoms with Crippen LogP contribution < -0.4 is 16.2 Å². The molecule has 2 aromatic rings. The highest BCUT2D eigenvalue weighted by Gasteiger charge is 2.30. The number of benzene rings is 2. The molecule has 0 aromatic heterocycles. The van der Waals surface area contributed by atoms with Crippen LogP contribution in [0.1, 0.15) is 73.2 Å². The first-order valence-electron chi connectivity index (χ1n) is 11.1. The van der Waals surface area contributed by atoms with Gasteiger partial charge >= 0.3 is 5.97 Å². The fourth-order valence-corrected chi connectivity index (χ4v) is 5.27. The summed E-state index contributed by atoms with van der Waals surface area (Å²) in [7, 11) is 0. The van der Waals surface area contributed by atoms with Crippen molar-refractivity contribution in [2.75, 3.05) is 11.5 Å². The monoisotopic (exact) mass is 408 g/mol. The van der Waals surface area contributed by atoms with Gasteiger partial charge < -0.3 is 21.3 Å². The molecule has 2 fully saturated rings. The van der Waals surface area contributed by atoms with Gasteiger partial charge in [-0.1, -0.05) is 12.1 Å². The van der Waals surface area contributed by atoms with Crippen molar-refractivity contribution in [3.05, 3.63) is 53.6 Å². The Labute approximate surface area is 178 Å². The van der Waals surface area contributed by atoms with E-state index in [9.17, 15) is 9.90 Å². The van der Waals surface area contributed by atoms with Gasteiger partial charge in [0.1, 0.15) is 5.75 Å². The molecule has 0 amide bonds. The molecule has 30 heavy (non-hydrogen) atoms. The minimum Gasteiger partial charge on any atom is -0.423 e. The molecule has 0 atom stereocenters. The van der Waals surface area contributed by atoms with E-state index in [2.05, 4.69) is 12.1 Å². The number of carbonyl (C=O) groups is 1. The number of aliphatic hydroxyl groups is 1. The number of nitrogens with two attached hydrogens (primary N) is 2. The Kier molecular flexibility index (Phi) is 6.28. The molecule has 0 saturated heterocycles. The second kappa shape index (κ2) is 9.09. The molecule has 0 radical (unpaired) electrons. The summed E-state index contributed by atoms with van der Waals surface area (Å²) in [5.41, 5.74) is 14.1. The highest BCUT2D eigenvalue weighted by Crippen LogP contribution is 2.43. The van der Waals surface area contributed by atoms with Gasteiger partial charge in [-0.15, -0.1) is 0 Å². The number of aliphatic hydroxyl groups excluding tert-OH is 1. The van der Waals surface area contributed by atoms with Crippen LogP contribution in [-0.2, 0) is 0 Å². The van der Waals surface area contributed by atoms with Gasteiger partial charge in [-0.3, -0.25) is 0 Å². The van der Waals surface area contributed by atoms with Crippen LogP contribution >= 0.6 is 0 Å². The number of hydrogen-bond donors (Lipinski definition) is 3. The average Bonchev–Trinajstić information content (AvgIpc) is 2.74. The lowest BCUT2D eigenvalue weighted by molar-refractivity contribution is 0.0734. The molecule has 5 nitrogen and oxygen atoms in total. The lowest BCUT2D eigenvalue weighted by Gasteiger charge is -2.37. The molecule has 160 valence electrons. The van der Waals surface area contributed by atoms with Crippen LogP contribution in [0.5, 0.6) is 5.75 Å². The Morgan fingerprint density at radius 1 is 0.800 bits per heavy atom. The topological polar surface area (TPSA) is 98.6 Å². The zero-order valence-corrected chi connectivity index (χ0v) is 17.4. The molecule has 0 aliphatic heterocycles. The van der Waals surface area contributed by atoms with Gasteiger partial charge in [0, 0.05) is 11.4 Å². The van der Waals surface area contributed by atoms with Crippen molar-refractivity contribution in [3.8, 4) is 5.75 Å². The number of esters is 1. The number of nitrogen functional groups attached to an aromatic ring is 2. The normalized spacial score (nSPS) is 26.8. The van der Waals surface area contributed by atoms with E-state index in [-0.39, 0.29) is 6.10 Å². The Bertz CT molecular complexity index is 844. The van der Waals surface area contributed by atoms with Gasteiger partial charge in [0.15, 0.2) is 0 Å². The van der Waals surface area contributed by atoms with Crippen molar-refractivity contribution < 1.29 is 14.6 Å². The maximum Gasteiger partial charge on any atom is 0.343 e. The van der Waals surface area contributed by atoms with Crippen LogP contribution in [0.3, 0.4) is 0 Å². The van der Waals surface area contributed by atoms with Gasteiger partial charge in [0.2, 0.25) is 0 Å². The molecule has 4 rings (SSSR count). The highest BCUT2D eigenvalue weighted by atomic mass is 16.5. The van der Waals surface area contributed by atoms with E-state index < -0.39 is 5.97 Å². The van der Waals surface area contributed by atoms with Crippen LogP contribution in [-0.4, -0.2) is 17.2 Å². The van der Waals surface area contributed by atoms with Crippen molar-refractivity contribution in [2.24, 2.45) is 11.8 Å². The summed E-state index contributed by atoms with van der Waals surface area (Å²) >= 11 is 0. The standard InChI is InChI=1S/C25H32N2O3/c26-21-13-20(14-22(27)15-21)25(29)30-24-11-7-19(8-12-24)17-3-1-16(2-4-17)18-5-9-23(28)10-6-18/h7-8,11-18,23,28H,1-6,9-10,26-27H2. The van der Waals surface area contributed by atoms with Crippen LogP contribution in [0.15, 0.2) is 42.5 Å². The summed E-state index contributed by atoms with van der Waals surface area (Å²) in [5.74, 6) is 2.27. The van der Waals surface area contributed by atoms with Crippen molar-refractivity contribution in [1.82, 2.24) is 0 Å². The van der Waals surface area contributed by atoms with E-state index >= 15 is 0 Å². The van der Waals surface area contributed by atoms with Gasteiger partial charge in [-0.25, -0.2) is 4.79 Å². The van der Waals surface area contributed by atoms with E-state index in [4.69, 9.17) is 16.2 Å². The third-order valence-electron chi connectivity index (χ3n) is 6.96. The number of carbonyl (C=O) groups excluding carboxylic acids is 1. The molecule has 0 bridgehead atoms. The predicted molar refractivity (Wildman–Crippen MR) is 119 cm³/mol. The van der Waals surface area contributed by atoms with Crippen molar-refractivity contribution in [1.29, 1.82) is 0 Å². The fourth-order valence-electron chi connectivity index (χ4n) is 5.27. The van der Waals surface area contributed by atoms with Gasteiger partial charge in [-0.2, -0.15) is 0 Å². The predicted octanol–water partition coefficient (Wildman–Crippen LogP) is 4.90. The molecule has 5 heteroatoms. The van der Waals surface area contributed by atoms with E-state index in [1.807, 2.05) is 12.1 Å². The minimum absolute atomic E-state index is 0.0678. The number of ether oxygens (including phenoxy) is 1. The Morgan fingerprint density at radius 3 is 1.90 bits per heavy atom. The summed E-state index contributed by atoms with van der Waals surface area (Å²) in [6.07, 6.45) is 9.25. The molecule has 2 aromatic carbocycles. The molecule has 2 aliphatic rings. The van der Waals surface area contributed by atoms with E-state index in [0.29, 0.717) is 28.6 Å². The van der Waals surface area contributed by atoms with Crippen LogP contribution in [0.4, 0.5) is 11.4 Å². The summed E-state index contributed by atoms with van der Waals surface area (Å²) < 4.78 is 5.49. The summed E-state index contributed by atoms with van der Waals surface area (Å²) in [4.78, 5) is 12.4. The molecular weight excluding hydrogens is 376 g/mol. The number of hydrogen-bond acceptors (Lipinski definition) is 5. The van der Waals surface area contributed by atoms with Gasteiger partial charge in [-0.05, 0) is 105 Å². The van der Waals surface area contributed by atoms with Crippen molar-refractivity contribution in [2.45, 2.75) is 63.4 Å². The summed E-state index contributed by atoms with van der Waals surface area (Å²) in [6, 6.07) is 12.7.